The van der Waals surface area contributed by atoms with Crippen LogP contribution in [-0.2, 0) is 4.79 Å². The number of aromatic nitrogens is 2. The molecule has 2 aliphatic carbocycles. The van der Waals surface area contributed by atoms with Crippen LogP contribution in [0.3, 0.4) is 0 Å². The second-order valence-corrected chi connectivity index (χ2v) is 6.68. The average molecular weight is 323 g/mol. The molecule has 1 amide bonds. The zero-order chi connectivity index (χ0) is 17.0. The summed E-state index contributed by atoms with van der Waals surface area (Å²) in [5.74, 6) is -0.308. The first-order chi connectivity index (χ1) is 11.5. The summed E-state index contributed by atoms with van der Waals surface area (Å²) in [7, 11) is 0. The van der Waals surface area contributed by atoms with Crippen molar-refractivity contribution in [3.8, 4) is 11.3 Å². The third-order valence-corrected chi connectivity index (χ3v) is 4.44. The molecule has 6 nitrogen and oxygen atoms in total. The lowest BCUT2D eigenvalue weighted by Crippen LogP contribution is -2.22. The Balaban J connectivity index is 1.77. The van der Waals surface area contributed by atoms with Crippen molar-refractivity contribution in [3.05, 3.63) is 35.3 Å². The summed E-state index contributed by atoms with van der Waals surface area (Å²) in [5.41, 5.74) is 2.23. The summed E-state index contributed by atoms with van der Waals surface area (Å²) >= 11 is 0. The molecule has 1 fully saturated rings. The Morgan fingerprint density at radius 3 is 2.62 bits per heavy atom. The fourth-order valence-corrected chi connectivity index (χ4v) is 2.87. The number of nitrogens with one attached hydrogen (secondary N) is 2. The monoisotopic (exact) mass is 323 g/mol. The number of carbonyl (C=O) groups excluding carboxylic acids is 3. The van der Waals surface area contributed by atoms with Crippen LogP contribution in [0.25, 0.3) is 11.3 Å². The van der Waals surface area contributed by atoms with Gasteiger partial charge in [-0.05, 0) is 31.0 Å². The second kappa shape index (κ2) is 5.12. The lowest BCUT2D eigenvalue weighted by atomic mass is 9.90. The van der Waals surface area contributed by atoms with Crippen LogP contribution in [0.5, 0.6) is 0 Å². The second-order valence-electron chi connectivity index (χ2n) is 6.68. The molecule has 0 bridgehead atoms. The molecule has 2 N–H and O–H groups in total. The van der Waals surface area contributed by atoms with Crippen molar-refractivity contribution in [3.63, 3.8) is 0 Å². The van der Waals surface area contributed by atoms with E-state index in [-0.39, 0.29) is 23.4 Å². The molecule has 0 radical (unpaired) electrons. The van der Waals surface area contributed by atoms with E-state index in [1.165, 1.54) is 0 Å². The van der Waals surface area contributed by atoms with Gasteiger partial charge in [0.25, 0.3) is 5.78 Å². The minimum atomic E-state index is -0.581. The van der Waals surface area contributed by atoms with Gasteiger partial charge in [-0.15, -0.1) is 0 Å². The van der Waals surface area contributed by atoms with E-state index in [1.54, 1.807) is 18.2 Å². The number of hydrogen-bond acceptors (Lipinski definition) is 4. The van der Waals surface area contributed by atoms with Crippen molar-refractivity contribution in [2.75, 3.05) is 5.32 Å². The molecule has 2 aromatic rings. The molecule has 1 aromatic heterocycles. The van der Waals surface area contributed by atoms with Gasteiger partial charge in [0.05, 0.1) is 0 Å². The summed E-state index contributed by atoms with van der Waals surface area (Å²) in [6, 6.07) is 5.06. The smallest absolute Gasteiger partial charge is 0.251 e. The van der Waals surface area contributed by atoms with Gasteiger partial charge in [-0.2, -0.15) is 0 Å². The van der Waals surface area contributed by atoms with E-state index in [0.29, 0.717) is 28.3 Å². The molecule has 0 atom stereocenters. The SMILES string of the molecule is CC(C)c1nc2c([nH]1)C(=O)C(=O)c1cc(NC(=O)C3CC3)ccc1-2. The molecule has 24 heavy (non-hydrogen) atoms. The molecule has 1 aromatic carbocycles. The summed E-state index contributed by atoms with van der Waals surface area (Å²) in [6.45, 7) is 3.93. The molecule has 6 heteroatoms. The maximum Gasteiger partial charge on any atom is 0.251 e. The van der Waals surface area contributed by atoms with Gasteiger partial charge >= 0.3 is 0 Å². The van der Waals surface area contributed by atoms with E-state index >= 15 is 0 Å². The molecule has 0 spiro atoms. The van der Waals surface area contributed by atoms with Crippen LogP contribution in [0.15, 0.2) is 18.2 Å². The molecule has 1 heterocycles. The van der Waals surface area contributed by atoms with E-state index < -0.39 is 11.6 Å². The predicted octanol–water partition coefficient (Wildman–Crippen LogP) is 2.93. The quantitative estimate of drug-likeness (QED) is 0.850. The summed E-state index contributed by atoms with van der Waals surface area (Å²) in [4.78, 5) is 44.1. The van der Waals surface area contributed by atoms with Crippen LogP contribution < -0.4 is 5.32 Å². The number of amides is 1. The summed E-state index contributed by atoms with van der Waals surface area (Å²) in [6.07, 6.45) is 1.81. The predicted molar refractivity (Wildman–Crippen MR) is 88.1 cm³/mol. The standard InChI is InChI=1S/C18H17N3O3/c1-8(2)17-20-13-11-6-5-10(19-18(24)9-3-4-9)7-12(11)15(22)16(23)14(13)21-17/h5-9H,3-4H2,1-2H3,(H,19,24)(H,20,21). The highest BCUT2D eigenvalue weighted by molar-refractivity contribution is 6.52. The molecular weight excluding hydrogens is 306 g/mol. The van der Waals surface area contributed by atoms with Crippen molar-refractivity contribution in [1.29, 1.82) is 0 Å². The number of nitrogens with zero attached hydrogens (tertiary/aromatic N) is 1. The number of carbonyl (C=O) groups is 3. The van der Waals surface area contributed by atoms with Crippen molar-refractivity contribution < 1.29 is 14.4 Å². The van der Waals surface area contributed by atoms with Gasteiger partial charge in [-0.25, -0.2) is 4.98 Å². The number of Topliss-reactive ketones (excluding diaryl/α,β-unsaturated/α-hetero) is 2. The Kier molecular flexibility index (Phi) is 3.16. The molecule has 122 valence electrons. The zero-order valence-corrected chi connectivity index (χ0v) is 13.5. The number of fused-ring (bicyclic) bond motifs is 3. The highest BCUT2D eigenvalue weighted by Gasteiger charge is 2.35. The highest BCUT2D eigenvalue weighted by atomic mass is 16.2. The molecular formula is C18H17N3O3. The molecule has 4 rings (SSSR count). The van der Waals surface area contributed by atoms with E-state index in [2.05, 4.69) is 15.3 Å². The Hall–Kier alpha value is -2.76. The average Bonchev–Trinajstić information content (AvgIpc) is 3.31. The van der Waals surface area contributed by atoms with Gasteiger partial charge < -0.3 is 10.3 Å². The lowest BCUT2D eigenvalue weighted by Gasteiger charge is -2.14. The molecule has 0 unspecified atom stereocenters. The molecule has 0 aliphatic heterocycles. The maximum absolute atomic E-state index is 12.4. The summed E-state index contributed by atoms with van der Waals surface area (Å²) in [5, 5.41) is 2.81. The number of H-pyrrole nitrogens is 1. The van der Waals surface area contributed by atoms with Crippen LogP contribution in [0.2, 0.25) is 0 Å². The van der Waals surface area contributed by atoms with Crippen LogP contribution in [0, 0.1) is 5.92 Å². The first-order valence-corrected chi connectivity index (χ1v) is 8.10. The van der Waals surface area contributed by atoms with Gasteiger partial charge in [-0.3, -0.25) is 14.4 Å². The fraction of sp³-hybridized carbons (Fsp3) is 0.333. The number of aromatic amines is 1. The summed E-state index contributed by atoms with van der Waals surface area (Å²) < 4.78 is 0. The zero-order valence-electron chi connectivity index (χ0n) is 13.5. The third-order valence-electron chi connectivity index (χ3n) is 4.44. The Labute approximate surface area is 138 Å². The number of benzene rings is 1. The van der Waals surface area contributed by atoms with Crippen molar-refractivity contribution >= 4 is 23.2 Å². The Bertz CT molecular complexity index is 891. The van der Waals surface area contributed by atoms with Crippen LogP contribution >= 0.6 is 0 Å². The fourth-order valence-electron chi connectivity index (χ4n) is 2.87. The highest BCUT2D eigenvalue weighted by Crippen LogP contribution is 2.35. The van der Waals surface area contributed by atoms with E-state index in [9.17, 15) is 14.4 Å². The Morgan fingerprint density at radius 1 is 1.21 bits per heavy atom. The Morgan fingerprint density at radius 2 is 1.96 bits per heavy atom. The maximum atomic E-state index is 12.4. The van der Waals surface area contributed by atoms with Gasteiger partial charge in [0.15, 0.2) is 0 Å². The lowest BCUT2D eigenvalue weighted by molar-refractivity contribution is -0.117. The van der Waals surface area contributed by atoms with Crippen LogP contribution in [-0.4, -0.2) is 27.4 Å². The van der Waals surface area contributed by atoms with Gasteiger partial charge in [0.2, 0.25) is 11.7 Å². The van der Waals surface area contributed by atoms with Crippen molar-refractivity contribution in [2.24, 2.45) is 5.92 Å². The van der Waals surface area contributed by atoms with Gasteiger partial charge in [0.1, 0.15) is 17.2 Å². The number of anilines is 1. The van der Waals surface area contributed by atoms with E-state index in [1.807, 2.05) is 13.8 Å². The minimum Gasteiger partial charge on any atom is -0.338 e. The third kappa shape index (κ3) is 2.26. The first-order valence-electron chi connectivity index (χ1n) is 8.10. The molecule has 1 saturated carbocycles. The van der Waals surface area contributed by atoms with Crippen LogP contribution in [0.4, 0.5) is 5.69 Å². The number of hydrogen-bond donors (Lipinski definition) is 2. The largest absolute Gasteiger partial charge is 0.338 e. The first kappa shape index (κ1) is 14.8. The van der Waals surface area contributed by atoms with Crippen LogP contribution in [0.1, 0.15) is 59.3 Å². The normalized spacial score (nSPS) is 16.1. The van der Waals surface area contributed by atoms with E-state index in [0.717, 1.165) is 12.8 Å². The van der Waals surface area contributed by atoms with Crippen molar-refractivity contribution in [1.82, 2.24) is 9.97 Å². The molecule has 2 aliphatic rings. The topological polar surface area (TPSA) is 91.9 Å². The number of imidazole rings is 1. The van der Waals surface area contributed by atoms with Gasteiger partial charge in [-0.1, -0.05) is 13.8 Å². The van der Waals surface area contributed by atoms with E-state index in [4.69, 9.17) is 0 Å². The number of ketones is 2. The van der Waals surface area contributed by atoms with Crippen molar-refractivity contribution in [2.45, 2.75) is 32.6 Å². The molecule has 0 saturated heterocycles. The number of rotatable bonds is 3. The van der Waals surface area contributed by atoms with Gasteiger partial charge in [0, 0.05) is 28.7 Å². The minimum absolute atomic E-state index is 0.0351.